The first-order valence-corrected chi connectivity index (χ1v) is 12.9. The maximum atomic E-state index is 12.8. The zero-order valence-electron chi connectivity index (χ0n) is 19.4. The van der Waals surface area contributed by atoms with Gasteiger partial charge < -0.3 is 4.55 Å². The summed E-state index contributed by atoms with van der Waals surface area (Å²) in [5.41, 5.74) is 0.869. The van der Waals surface area contributed by atoms with Crippen LogP contribution in [-0.2, 0) is 16.5 Å². The normalized spacial score (nSPS) is 11.3. The molecule has 0 spiro atoms. The first-order valence-electron chi connectivity index (χ1n) is 11.5. The Morgan fingerprint density at radius 2 is 1.30 bits per heavy atom. The fourth-order valence-corrected chi connectivity index (χ4v) is 4.51. The molecule has 0 aliphatic carbocycles. The summed E-state index contributed by atoms with van der Waals surface area (Å²) in [7, 11) is -4.66. The second-order valence-electron chi connectivity index (χ2n) is 8.06. The summed E-state index contributed by atoms with van der Waals surface area (Å²) in [5, 5.41) is 0. The third-order valence-electron chi connectivity index (χ3n) is 5.47. The van der Waals surface area contributed by atoms with Crippen LogP contribution in [0.25, 0.3) is 0 Å². The van der Waals surface area contributed by atoms with E-state index in [1.54, 1.807) is 12.1 Å². The molecular formula is C24H39NaO4S. The van der Waals surface area contributed by atoms with Gasteiger partial charge >= 0.3 is 29.6 Å². The molecule has 0 aliphatic heterocycles. The van der Waals surface area contributed by atoms with Gasteiger partial charge in [0.05, 0.1) is 4.90 Å². The third kappa shape index (κ3) is 12.0. The number of hydrogen-bond acceptors (Lipinski definition) is 4. The predicted molar refractivity (Wildman–Crippen MR) is 118 cm³/mol. The zero-order chi connectivity index (χ0) is 21.5. The second kappa shape index (κ2) is 17.4. The molecule has 0 fully saturated rings. The molecule has 6 heteroatoms. The van der Waals surface area contributed by atoms with E-state index in [4.69, 9.17) is 0 Å². The van der Waals surface area contributed by atoms with Crippen LogP contribution in [0.3, 0.4) is 0 Å². The fraction of sp³-hybridized carbons (Fsp3) is 0.708. The van der Waals surface area contributed by atoms with Crippen LogP contribution in [0.5, 0.6) is 0 Å². The molecule has 4 nitrogen and oxygen atoms in total. The van der Waals surface area contributed by atoms with Gasteiger partial charge in [0.25, 0.3) is 0 Å². The molecule has 166 valence electrons. The summed E-state index contributed by atoms with van der Waals surface area (Å²) in [4.78, 5) is 12.5. The number of rotatable bonds is 17. The molecule has 0 atom stereocenters. The summed E-state index contributed by atoms with van der Waals surface area (Å²) in [6.07, 6.45) is 15.4. The Balaban J connectivity index is 0.00000841. The summed E-state index contributed by atoms with van der Waals surface area (Å²) < 4.78 is 35.2. The van der Waals surface area contributed by atoms with Gasteiger partial charge in [-0.15, -0.1) is 0 Å². The van der Waals surface area contributed by atoms with E-state index >= 15 is 0 Å². The average molecular weight is 447 g/mol. The van der Waals surface area contributed by atoms with E-state index in [1.165, 1.54) is 51.0 Å². The molecule has 0 aliphatic rings. The van der Waals surface area contributed by atoms with Crippen molar-refractivity contribution in [3.63, 3.8) is 0 Å². The molecule has 0 heterocycles. The first kappa shape index (κ1) is 29.8. The van der Waals surface area contributed by atoms with Gasteiger partial charge in [-0.3, -0.25) is 4.79 Å². The molecule has 0 N–H and O–H groups in total. The van der Waals surface area contributed by atoms with Crippen LogP contribution in [0.1, 0.15) is 120 Å². The summed E-state index contributed by atoms with van der Waals surface area (Å²) in [5.74, 6) is -0.200. The largest absolute Gasteiger partial charge is 1.00 e. The minimum atomic E-state index is -4.66. The molecule has 1 rings (SSSR count). The van der Waals surface area contributed by atoms with Crippen LogP contribution in [0, 0.1) is 0 Å². The van der Waals surface area contributed by atoms with E-state index in [0.29, 0.717) is 18.4 Å². The zero-order valence-corrected chi connectivity index (χ0v) is 22.2. The average Bonchev–Trinajstić information content (AvgIpc) is 2.68. The van der Waals surface area contributed by atoms with Crippen molar-refractivity contribution >= 4 is 15.9 Å². The van der Waals surface area contributed by atoms with Crippen molar-refractivity contribution in [2.24, 2.45) is 0 Å². The molecule has 0 unspecified atom stereocenters. The van der Waals surface area contributed by atoms with Gasteiger partial charge in [0.2, 0.25) is 0 Å². The number of carbonyl (C=O) groups excluding carboxylic acids is 1. The predicted octanol–water partition coefficient (Wildman–Crippen LogP) is 3.82. The number of carbonyl (C=O) groups is 1. The molecular weight excluding hydrogens is 407 g/mol. The number of benzene rings is 1. The van der Waals surface area contributed by atoms with Crippen molar-refractivity contribution in [1.82, 2.24) is 0 Å². The van der Waals surface area contributed by atoms with Crippen molar-refractivity contribution < 1.29 is 47.3 Å². The Hall–Kier alpha value is -0.200. The molecule has 0 saturated heterocycles. The van der Waals surface area contributed by atoms with Crippen molar-refractivity contribution in [3.05, 3.63) is 29.3 Å². The van der Waals surface area contributed by atoms with E-state index in [-0.39, 0.29) is 45.8 Å². The fourth-order valence-electron chi connectivity index (χ4n) is 3.77. The third-order valence-corrected chi connectivity index (χ3v) is 6.35. The van der Waals surface area contributed by atoms with Gasteiger partial charge in [-0.1, -0.05) is 96.6 Å². The summed E-state index contributed by atoms with van der Waals surface area (Å²) in [6.45, 7) is 4.36. The SMILES string of the molecule is CCCCCCCCCc1cccc(S(=O)(=O)[O-])c1C(=O)CCCCCCCC.[Na+]. The van der Waals surface area contributed by atoms with E-state index in [0.717, 1.165) is 38.5 Å². The molecule has 0 amide bonds. The summed E-state index contributed by atoms with van der Waals surface area (Å²) >= 11 is 0. The Morgan fingerprint density at radius 1 is 0.800 bits per heavy atom. The smallest absolute Gasteiger partial charge is 0.744 e. The van der Waals surface area contributed by atoms with Crippen LogP contribution < -0.4 is 29.6 Å². The topological polar surface area (TPSA) is 74.3 Å². The number of aryl methyl sites for hydroxylation is 1. The molecule has 30 heavy (non-hydrogen) atoms. The van der Waals surface area contributed by atoms with Gasteiger partial charge in [0.15, 0.2) is 5.78 Å². The maximum Gasteiger partial charge on any atom is 1.00 e. The Morgan fingerprint density at radius 3 is 1.83 bits per heavy atom. The van der Waals surface area contributed by atoms with Gasteiger partial charge in [-0.2, -0.15) is 0 Å². The van der Waals surface area contributed by atoms with E-state index in [2.05, 4.69) is 13.8 Å². The number of unbranched alkanes of at least 4 members (excludes halogenated alkanes) is 11. The van der Waals surface area contributed by atoms with E-state index in [9.17, 15) is 17.8 Å². The van der Waals surface area contributed by atoms with Gasteiger partial charge in [-0.05, 0) is 30.9 Å². The van der Waals surface area contributed by atoms with Gasteiger partial charge in [0.1, 0.15) is 10.1 Å². The Kier molecular flexibility index (Phi) is 17.3. The van der Waals surface area contributed by atoms with Crippen LogP contribution in [0.2, 0.25) is 0 Å². The molecule has 1 aromatic rings. The second-order valence-corrected chi connectivity index (χ2v) is 9.40. The van der Waals surface area contributed by atoms with Crippen molar-refractivity contribution in [2.45, 2.75) is 115 Å². The minimum absolute atomic E-state index is 0. The Labute approximate surface area is 206 Å². The van der Waals surface area contributed by atoms with Gasteiger partial charge in [-0.25, -0.2) is 8.42 Å². The monoisotopic (exact) mass is 446 g/mol. The van der Waals surface area contributed by atoms with E-state index in [1.807, 2.05) is 0 Å². The minimum Gasteiger partial charge on any atom is -0.744 e. The standard InChI is InChI=1S/C24H40O4S.Na/c1-3-5-7-9-11-12-14-17-21-18-16-20-23(29(26,27)28)24(21)22(25)19-15-13-10-8-6-4-2;/h16,18,20H,3-15,17,19H2,1-2H3,(H,26,27,28);/q;+1/p-1. The van der Waals surface area contributed by atoms with Crippen LogP contribution >= 0.6 is 0 Å². The van der Waals surface area contributed by atoms with Crippen molar-refractivity contribution in [3.8, 4) is 0 Å². The van der Waals surface area contributed by atoms with Crippen LogP contribution in [0.4, 0.5) is 0 Å². The van der Waals surface area contributed by atoms with Gasteiger partial charge in [0, 0.05) is 12.0 Å². The van der Waals surface area contributed by atoms with Crippen LogP contribution in [0.15, 0.2) is 23.1 Å². The first-order chi connectivity index (χ1) is 13.9. The number of hydrogen-bond donors (Lipinski definition) is 0. The van der Waals surface area contributed by atoms with E-state index < -0.39 is 10.1 Å². The van der Waals surface area contributed by atoms with Crippen LogP contribution in [-0.4, -0.2) is 18.8 Å². The molecule has 0 aromatic heterocycles. The van der Waals surface area contributed by atoms with Crippen molar-refractivity contribution in [2.75, 3.05) is 0 Å². The Bertz CT molecular complexity index is 701. The molecule has 0 saturated carbocycles. The summed E-state index contributed by atoms with van der Waals surface area (Å²) in [6, 6.07) is 4.67. The molecule has 0 radical (unpaired) electrons. The van der Waals surface area contributed by atoms with Crippen molar-refractivity contribution in [1.29, 1.82) is 0 Å². The quantitative estimate of drug-likeness (QED) is 0.158. The molecule has 1 aromatic carbocycles. The number of ketones is 1. The molecule has 0 bridgehead atoms. The maximum absolute atomic E-state index is 12.8. The number of Topliss-reactive ketones (excluding diaryl/α,β-unsaturated/α-hetero) is 1.